The largest absolute Gasteiger partial charge is 0.316 e. The molecule has 1 saturated heterocycles. The summed E-state index contributed by atoms with van der Waals surface area (Å²) in [5, 5.41) is 3.57. The topological polar surface area (TPSA) is 15.3 Å². The highest BCUT2D eigenvalue weighted by Gasteiger charge is 2.09. The van der Waals surface area contributed by atoms with Crippen LogP contribution in [0.15, 0.2) is 23.8 Å². The highest BCUT2D eigenvalue weighted by molar-refractivity contribution is 7.99. The molecule has 2 rings (SSSR count). The van der Waals surface area contributed by atoms with Gasteiger partial charge in [-0.25, -0.2) is 0 Å². The van der Waals surface area contributed by atoms with Gasteiger partial charge < -0.3 is 10.2 Å². The molecule has 0 atom stereocenters. The number of hydrogen-bond acceptors (Lipinski definition) is 3. The quantitative estimate of drug-likeness (QED) is 0.654. The SMILES string of the molecule is C1=CCCC(CSCCNCCCN2CCCC2)=C1. The van der Waals surface area contributed by atoms with E-state index in [1.807, 2.05) is 0 Å². The predicted octanol–water partition coefficient (Wildman–Crippen LogP) is 3.07. The monoisotopic (exact) mass is 280 g/mol. The van der Waals surface area contributed by atoms with Crippen molar-refractivity contribution in [2.75, 3.05) is 44.2 Å². The number of rotatable bonds is 9. The van der Waals surface area contributed by atoms with Crippen molar-refractivity contribution < 1.29 is 0 Å². The zero-order valence-electron chi connectivity index (χ0n) is 12.1. The van der Waals surface area contributed by atoms with E-state index in [1.54, 1.807) is 5.57 Å². The van der Waals surface area contributed by atoms with Crippen LogP contribution < -0.4 is 5.32 Å². The Labute approximate surface area is 122 Å². The summed E-state index contributed by atoms with van der Waals surface area (Å²) in [7, 11) is 0. The molecule has 1 N–H and O–H groups in total. The molecule has 19 heavy (non-hydrogen) atoms. The summed E-state index contributed by atoms with van der Waals surface area (Å²) in [6.45, 7) is 6.30. The average molecular weight is 280 g/mol. The van der Waals surface area contributed by atoms with Gasteiger partial charge in [-0.3, -0.25) is 0 Å². The van der Waals surface area contributed by atoms with Gasteiger partial charge in [-0.15, -0.1) is 0 Å². The van der Waals surface area contributed by atoms with Crippen molar-refractivity contribution in [1.82, 2.24) is 10.2 Å². The molecule has 108 valence electrons. The Bertz CT molecular complexity index is 293. The lowest BCUT2D eigenvalue weighted by atomic mass is 10.1. The van der Waals surface area contributed by atoms with Crippen molar-refractivity contribution in [2.24, 2.45) is 0 Å². The minimum atomic E-state index is 1.16. The molecule has 3 heteroatoms. The molecule has 1 aliphatic heterocycles. The molecule has 0 spiro atoms. The van der Waals surface area contributed by atoms with E-state index in [-0.39, 0.29) is 0 Å². The van der Waals surface area contributed by atoms with Crippen molar-refractivity contribution >= 4 is 11.8 Å². The second-order valence-electron chi connectivity index (χ2n) is 5.50. The second kappa shape index (κ2) is 9.62. The fourth-order valence-corrected chi connectivity index (χ4v) is 3.61. The zero-order valence-corrected chi connectivity index (χ0v) is 12.9. The molecule has 0 aromatic heterocycles. The summed E-state index contributed by atoms with van der Waals surface area (Å²) in [5.74, 6) is 2.46. The normalized spacial score (nSPS) is 19.9. The average Bonchev–Trinajstić information content (AvgIpc) is 2.96. The maximum Gasteiger partial charge on any atom is 0.0147 e. The Morgan fingerprint density at radius 2 is 2.11 bits per heavy atom. The van der Waals surface area contributed by atoms with Gasteiger partial charge >= 0.3 is 0 Å². The molecule has 0 amide bonds. The number of nitrogens with zero attached hydrogens (tertiary/aromatic N) is 1. The van der Waals surface area contributed by atoms with Gasteiger partial charge in [0.1, 0.15) is 0 Å². The van der Waals surface area contributed by atoms with Crippen molar-refractivity contribution in [2.45, 2.75) is 32.1 Å². The van der Waals surface area contributed by atoms with Crippen molar-refractivity contribution in [3.05, 3.63) is 23.8 Å². The smallest absolute Gasteiger partial charge is 0.0147 e. The highest BCUT2D eigenvalue weighted by atomic mass is 32.2. The molecule has 2 nitrogen and oxygen atoms in total. The zero-order chi connectivity index (χ0) is 13.2. The standard InChI is InChI=1S/C16H28N2S/c1-2-7-16(8-3-1)15-19-14-10-17-9-6-13-18-11-4-5-12-18/h1-2,7,17H,3-6,8-15H2. The van der Waals surface area contributed by atoms with E-state index in [0.717, 1.165) is 6.54 Å². The van der Waals surface area contributed by atoms with Crippen LogP contribution in [0.5, 0.6) is 0 Å². The van der Waals surface area contributed by atoms with Gasteiger partial charge in [0.2, 0.25) is 0 Å². The van der Waals surface area contributed by atoms with Crippen LogP contribution in [0.4, 0.5) is 0 Å². The molecule has 0 saturated carbocycles. The minimum Gasteiger partial charge on any atom is -0.316 e. The van der Waals surface area contributed by atoms with Crippen LogP contribution >= 0.6 is 11.8 Å². The number of hydrogen-bond donors (Lipinski definition) is 1. The Balaban J connectivity index is 1.36. The summed E-state index contributed by atoms with van der Waals surface area (Å²) in [5.41, 5.74) is 1.61. The van der Waals surface area contributed by atoms with Gasteiger partial charge in [-0.1, -0.05) is 23.8 Å². The molecule has 0 radical (unpaired) electrons. The first-order valence-electron chi connectivity index (χ1n) is 7.80. The maximum atomic E-state index is 3.57. The second-order valence-corrected chi connectivity index (χ2v) is 6.60. The molecular formula is C16H28N2S. The maximum absolute atomic E-state index is 3.57. The number of thioether (sulfide) groups is 1. The molecule has 0 bridgehead atoms. The van der Waals surface area contributed by atoms with Crippen LogP contribution in [0, 0.1) is 0 Å². The van der Waals surface area contributed by atoms with Gasteiger partial charge in [0, 0.05) is 18.1 Å². The highest BCUT2D eigenvalue weighted by Crippen LogP contribution is 2.16. The van der Waals surface area contributed by atoms with Crippen LogP contribution in [-0.2, 0) is 0 Å². The van der Waals surface area contributed by atoms with E-state index in [2.05, 4.69) is 40.2 Å². The van der Waals surface area contributed by atoms with Gasteiger partial charge in [-0.05, 0) is 58.3 Å². The fourth-order valence-electron chi connectivity index (χ4n) is 2.68. The first-order valence-corrected chi connectivity index (χ1v) is 8.96. The van der Waals surface area contributed by atoms with E-state index in [9.17, 15) is 0 Å². The third-order valence-electron chi connectivity index (χ3n) is 3.84. The number of likely N-dealkylation sites (tertiary alicyclic amines) is 1. The Morgan fingerprint density at radius 3 is 2.89 bits per heavy atom. The first-order chi connectivity index (χ1) is 9.45. The first kappa shape index (κ1) is 15.1. The third kappa shape index (κ3) is 6.64. The molecule has 0 aromatic carbocycles. The van der Waals surface area contributed by atoms with Crippen molar-refractivity contribution in [3.8, 4) is 0 Å². The van der Waals surface area contributed by atoms with Gasteiger partial charge in [-0.2, -0.15) is 11.8 Å². The Morgan fingerprint density at radius 1 is 1.21 bits per heavy atom. The summed E-state index contributed by atoms with van der Waals surface area (Å²) in [4.78, 5) is 2.60. The van der Waals surface area contributed by atoms with Crippen LogP contribution in [0.3, 0.4) is 0 Å². The molecule has 0 unspecified atom stereocenters. The molecule has 1 heterocycles. The van der Waals surface area contributed by atoms with Crippen molar-refractivity contribution in [1.29, 1.82) is 0 Å². The minimum absolute atomic E-state index is 1.16. The molecular weight excluding hydrogens is 252 g/mol. The van der Waals surface area contributed by atoms with E-state index in [4.69, 9.17) is 0 Å². The lowest BCUT2D eigenvalue weighted by Gasteiger charge is -2.14. The van der Waals surface area contributed by atoms with Crippen LogP contribution in [0.2, 0.25) is 0 Å². The summed E-state index contributed by atoms with van der Waals surface area (Å²) in [6.07, 6.45) is 13.4. The molecule has 1 fully saturated rings. The predicted molar refractivity (Wildman–Crippen MR) is 86.9 cm³/mol. The Kier molecular flexibility index (Phi) is 7.67. The van der Waals surface area contributed by atoms with Crippen LogP contribution in [0.1, 0.15) is 32.1 Å². The van der Waals surface area contributed by atoms with E-state index in [0.29, 0.717) is 0 Å². The fraction of sp³-hybridized carbons (Fsp3) is 0.750. The summed E-state index contributed by atoms with van der Waals surface area (Å²) in [6, 6.07) is 0. The third-order valence-corrected chi connectivity index (χ3v) is 4.91. The van der Waals surface area contributed by atoms with Gasteiger partial charge in [0.05, 0.1) is 0 Å². The summed E-state index contributed by atoms with van der Waals surface area (Å²) < 4.78 is 0. The summed E-state index contributed by atoms with van der Waals surface area (Å²) >= 11 is 2.07. The van der Waals surface area contributed by atoms with Gasteiger partial charge in [0.25, 0.3) is 0 Å². The van der Waals surface area contributed by atoms with E-state index >= 15 is 0 Å². The molecule has 2 aliphatic rings. The van der Waals surface area contributed by atoms with Crippen LogP contribution in [0.25, 0.3) is 0 Å². The van der Waals surface area contributed by atoms with E-state index < -0.39 is 0 Å². The molecule has 1 aliphatic carbocycles. The molecule has 0 aromatic rings. The van der Waals surface area contributed by atoms with E-state index in [1.165, 1.54) is 69.8 Å². The lowest BCUT2D eigenvalue weighted by Crippen LogP contribution is -2.25. The Hall–Kier alpha value is -0.250. The number of allylic oxidation sites excluding steroid dienone is 3. The van der Waals surface area contributed by atoms with Crippen molar-refractivity contribution in [3.63, 3.8) is 0 Å². The number of nitrogens with one attached hydrogen (secondary N) is 1. The lowest BCUT2D eigenvalue weighted by molar-refractivity contribution is 0.331. The van der Waals surface area contributed by atoms with Gasteiger partial charge in [0.15, 0.2) is 0 Å². The van der Waals surface area contributed by atoms with Crippen LogP contribution in [-0.4, -0.2) is 49.1 Å².